The number of sulfone groups is 1. The summed E-state index contributed by atoms with van der Waals surface area (Å²) in [5.74, 6) is 0.110. The molecule has 0 aliphatic heterocycles. The van der Waals surface area contributed by atoms with Crippen molar-refractivity contribution in [3.05, 3.63) is 20.8 Å². The average Bonchev–Trinajstić information content (AvgIpc) is 2.39. The molecule has 9 heteroatoms. The van der Waals surface area contributed by atoms with Gasteiger partial charge < -0.3 is 11.1 Å². The molecule has 120 valence electrons. The molecule has 1 heterocycles. The molecule has 0 unspecified atom stereocenters. The smallest absolute Gasteiger partial charge is 0.332 e. The normalized spacial score (nSPS) is 11.6. The molecule has 0 aliphatic rings. The number of nitrogens with zero attached hydrogens (tertiary/aromatic N) is 2. The summed E-state index contributed by atoms with van der Waals surface area (Å²) in [5.41, 5.74) is 5.05. The Labute approximate surface area is 123 Å². The predicted octanol–water partition coefficient (Wildman–Crippen LogP) is -0.614. The average molecular weight is 318 g/mol. The van der Waals surface area contributed by atoms with Crippen LogP contribution in [0.25, 0.3) is 0 Å². The number of aromatic nitrogens is 2. The van der Waals surface area contributed by atoms with E-state index in [2.05, 4.69) is 5.32 Å². The number of rotatable bonds is 7. The Morgan fingerprint density at radius 2 is 1.90 bits per heavy atom. The number of hydrogen-bond acceptors (Lipinski definition) is 6. The molecule has 0 aliphatic carbocycles. The number of anilines is 2. The van der Waals surface area contributed by atoms with E-state index < -0.39 is 21.1 Å². The first-order chi connectivity index (χ1) is 9.69. The lowest BCUT2D eigenvalue weighted by Gasteiger charge is -2.15. The fourth-order valence-corrected chi connectivity index (χ4v) is 2.61. The molecule has 1 aromatic heterocycles. The Kier molecular flexibility index (Phi) is 5.59. The van der Waals surface area contributed by atoms with Gasteiger partial charge >= 0.3 is 5.69 Å². The monoisotopic (exact) mass is 318 g/mol. The van der Waals surface area contributed by atoms with Crippen LogP contribution < -0.4 is 22.3 Å². The maximum Gasteiger partial charge on any atom is 0.332 e. The second-order valence-electron chi connectivity index (χ2n) is 4.97. The van der Waals surface area contributed by atoms with Crippen LogP contribution in [0, 0.1) is 0 Å². The van der Waals surface area contributed by atoms with E-state index in [1.54, 1.807) is 0 Å². The number of hydrogen-bond donors (Lipinski definition) is 2. The van der Waals surface area contributed by atoms with Gasteiger partial charge in [0.15, 0.2) is 0 Å². The lowest BCUT2D eigenvalue weighted by Crippen LogP contribution is -2.40. The van der Waals surface area contributed by atoms with Crippen LogP contribution in [0.5, 0.6) is 0 Å². The molecule has 0 spiro atoms. The molecular formula is C12H22N4O4S. The van der Waals surface area contributed by atoms with Gasteiger partial charge in [-0.3, -0.25) is 13.9 Å². The van der Waals surface area contributed by atoms with Gasteiger partial charge in [0.1, 0.15) is 21.3 Å². The van der Waals surface area contributed by atoms with Crippen LogP contribution in [0.1, 0.15) is 19.8 Å². The third kappa shape index (κ3) is 4.35. The first kappa shape index (κ1) is 17.3. The molecule has 3 N–H and O–H groups in total. The highest BCUT2D eigenvalue weighted by Gasteiger charge is 2.14. The first-order valence-electron chi connectivity index (χ1n) is 6.70. The zero-order chi connectivity index (χ0) is 16.2. The molecule has 21 heavy (non-hydrogen) atoms. The Balaban J connectivity index is 3.02. The van der Waals surface area contributed by atoms with Crippen molar-refractivity contribution in [2.75, 3.05) is 29.6 Å². The van der Waals surface area contributed by atoms with Gasteiger partial charge in [0.05, 0.1) is 5.75 Å². The van der Waals surface area contributed by atoms with Crippen LogP contribution in [-0.2, 0) is 23.4 Å². The fourth-order valence-electron chi connectivity index (χ4n) is 1.94. The zero-order valence-corrected chi connectivity index (χ0v) is 13.4. The molecule has 0 bridgehead atoms. The Hall–Kier alpha value is -1.77. The van der Waals surface area contributed by atoms with Crippen LogP contribution in [0.3, 0.4) is 0 Å². The molecule has 1 rings (SSSR count). The minimum atomic E-state index is -3.04. The minimum Gasteiger partial charge on any atom is -0.383 e. The van der Waals surface area contributed by atoms with Gasteiger partial charge in [0.25, 0.3) is 5.56 Å². The minimum absolute atomic E-state index is 0.0226. The maximum absolute atomic E-state index is 12.0. The summed E-state index contributed by atoms with van der Waals surface area (Å²) in [7, 11) is -1.65. The van der Waals surface area contributed by atoms with Crippen molar-refractivity contribution in [3.63, 3.8) is 0 Å². The number of nitrogens with one attached hydrogen (secondary N) is 1. The summed E-state index contributed by atoms with van der Waals surface area (Å²) >= 11 is 0. The fraction of sp³-hybridized carbons (Fsp3) is 0.667. The third-order valence-electron chi connectivity index (χ3n) is 3.02. The topological polar surface area (TPSA) is 116 Å². The summed E-state index contributed by atoms with van der Waals surface area (Å²) in [6, 6.07) is 0. The summed E-state index contributed by atoms with van der Waals surface area (Å²) in [6.45, 7) is 2.60. The van der Waals surface area contributed by atoms with Crippen molar-refractivity contribution in [1.29, 1.82) is 0 Å². The Bertz CT molecular complexity index is 718. The lowest BCUT2D eigenvalue weighted by molar-refractivity contribution is 0.598. The van der Waals surface area contributed by atoms with Crippen molar-refractivity contribution >= 4 is 21.3 Å². The van der Waals surface area contributed by atoms with E-state index >= 15 is 0 Å². The van der Waals surface area contributed by atoms with Crippen LogP contribution in [0.2, 0.25) is 0 Å². The number of nitrogen functional groups attached to an aromatic ring is 1. The van der Waals surface area contributed by atoms with Gasteiger partial charge in [-0.05, 0) is 12.8 Å². The quantitative estimate of drug-likeness (QED) is 0.648. The Morgan fingerprint density at radius 3 is 2.43 bits per heavy atom. The van der Waals surface area contributed by atoms with Gasteiger partial charge in [0.2, 0.25) is 0 Å². The van der Waals surface area contributed by atoms with Crippen molar-refractivity contribution < 1.29 is 8.42 Å². The maximum atomic E-state index is 12.0. The molecule has 8 nitrogen and oxygen atoms in total. The van der Waals surface area contributed by atoms with E-state index in [9.17, 15) is 18.0 Å². The highest BCUT2D eigenvalue weighted by molar-refractivity contribution is 7.90. The standard InChI is InChI=1S/C12H22N4O4S/c1-4-7-16-10(13)9(11(17)15(2)12(16)18)14-6-5-8-21(3,19)20/h14H,4-8,13H2,1-3H3. The van der Waals surface area contributed by atoms with Gasteiger partial charge in [-0.25, -0.2) is 13.2 Å². The highest BCUT2D eigenvalue weighted by atomic mass is 32.2. The molecule has 0 amide bonds. The van der Waals surface area contributed by atoms with Crippen LogP contribution >= 0.6 is 0 Å². The predicted molar refractivity (Wildman–Crippen MR) is 83.5 cm³/mol. The third-order valence-corrected chi connectivity index (χ3v) is 4.05. The van der Waals surface area contributed by atoms with Gasteiger partial charge in [-0.15, -0.1) is 0 Å². The van der Waals surface area contributed by atoms with Crippen LogP contribution in [0.4, 0.5) is 11.5 Å². The van der Waals surface area contributed by atoms with Gasteiger partial charge in [-0.2, -0.15) is 0 Å². The molecule has 0 fully saturated rings. The van der Waals surface area contributed by atoms with Crippen molar-refractivity contribution in [2.24, 2.45) is 7.05 Å². The lowest BCUT2D eigenvalue weighted by atomic mass is 10.3. The van der Waals surface area contributed by atoms with Crippen LogP contribution in [-0.4, -0.2) is 36.1 Å². The Morgan fingerprint density at radius 1 is 1.29 bits per heavy atom. The molecule has 0 atom stereocenters. The van der Waals surface area contributed by atoms with E-state index in [0.29, 0.717) is 19.4 Å². The van der Waals surface area contributed by atoms with Crippen molar-refractivity contribution in [2.45, 2.75) is 26.3 Å². The van der Waals surface area contributed by atoms with E-state index in [1.807, 2.05) is 6.92 Å². The van der Waals surface area contributed by atoms with Crippen LogP contribution in [0.15, 0.2) is 9.59 Å². The molecule has 0 saturated carbocycles. The summed E-state index contributed by atoms with van der Waals surface area (Å²) < 4.78 is 24.4. The summed E-state index contributed by atoms with van der Waals surface area (Å²) in [6.07, 6.45) is 2.21. The van der Waals surface area contributed by atoms with Crippen molar-refractivity contribution in [3.8, 4) is 0 Å². The molecule has 0 aromatic carbocycles. The molecule has 0 saturated heterocycles. The van der Waals surface area contributed by atoms with E-state index in [0.717, 1.165) is 10.8 Å². The summed E-state index contributed by atoms with van der Waals surface area (Å²) in [5, 5.41) is 2.84. The molecule has 0 radical (unpaired) electrons. The number of nitrogens with two attached hydrogens (primary N) is 1. The summed E-state index contributed by atoms with van der Waals surface area (Å²) in [4.78, 5) is 24.0. The van der Waals surface area contributed by atoms with Gasteiger partial charge in [-0.1, -0.05) is 6.92 Å². The van der Waals surface area contributed by atoms with Crippen molar-refractivity contribution in [1.82, 2.24) is 9.13 Å². The second-order valence-corrected chi connectivity index (χ2v) is 7.23. The molecule has 1 aromatic rings. The largest absolute Gasteiger partial charge is 0.383 e. The second kappa shape index (κ2) is 6.79. The molecular weight excluding hydrogens is 296 g/mol. The van der Waals surface area contributed by atoms with E-state index in [4.69, 9.17) is 5.73 Å². The zero-order valence-electron chi connectivity index (χ0n) is 12.5. The highest BCUT2D eigenvalue weighted by Crippen LogP contribution is 2.11. The SMILES string of the molecule is CCCn1c(N)c(NCCCS(C)(=O)=O)c(=O)n(C)c1=O. The van der Waals surface area contributed by atoms with E-state index in [1.165, 1.54) is 11.6 Å². The van der Waals surface area contributed by atoms with Gasteiger partial charge in [0, 0.05) is 26.4 Å². The first-order valence-corrected chi connectivity index (χ1v) is 8.76. The van der Waals surface area contributed by atoms with E-state index in [-0.39, 0.29) is 23.8 Å².